The molecule has 7 heteroatoms. The van der Waals surface area contributed by atoms with E-state index in [0.717, 1.165) is 0 Å². The number of carbonyl (C=O) groups is 1. The van der Waals surface area contributed by atoms with Crippen LogP contribution in [0.3, 0.4) is 0 Å². The van der Waals surface area contributed by atoms with Crippen LogP contribution in [0.2, 0.25) is 0 Å². The Balaban J connectivity index is 1.38. The largest absolute Gasteiger partial charge is 0.508 e. The van der Waals surface area contributed by atoms with E-state index < -0.39 is 23.4 Å². The summed E-state index contributed by atoms with van der Waals surface area (Å²) in [6.07, 6.45) is 1.96. The van der Waals surface area contributed by atoms with Gasteiger partial charge >= 0.3 is 5.97 Å². The number of aromatic hydroxyl groups is 1. The van der Waals surface area contributed by atoms with E-state index in [1.165, 1.54) is 42.5 Å². The van der Waals surface area contributed by atoms with Crippen molar-refractivity contribution in [3.8, 4) is 22.6 Å². The third-order valence-corrected chi connectivity index (χ3v) is 6.50. The van der Waals surface area contributed by atoms with Gasteiger partial charge in [-0.05, 0) is 67.9 Å². The molecule has 3 aromatic carbocycles. The number of ether oxygens (including phenoxy) is 2. The number of hydrogen-bond acceptors (Lipinski definition) is 4. The van der Waals surface area contributed by atoms with Crippen molar-refractivity contribution in [3.63, 3.8) is 0 Å². The van der Waals surface area contributed by atoms with Crippen LogP contribution in [-0.2, 0) is 16.1 Å². The third kappa shape index (κ3) is 5.68. The Kier molecular flexibility index (Phi) is 7.76. The van der Waals surface area contributed by atoms with Crippen LogP contribution < -0.4 is 4.74 Å². The van der Waals surface area contributed by atoms with Crippen molar-refractivity contribution in [1.82, 2.24) is 0 Å². The van der Waals surface area contributed by atoms with Crippen molar-refractivity contribution < 1.29 is 32.5 Å². The van der Waals surface area contributed by atoms with Gasteiger partial charge in [0.15, 0.2) is 11.6 Å². The average Bonchev–Trinajstić information content (AvgIpc) is 2.86. The van der Waals surface area contributed by atoms with Crippen molar-refractivity contribution in [2.75, 3.05) is 6.61 Å². The molecule has 0 aliphatic heterocycles. The number of phenolic OH excluding ortho intramolecular Hbond substituents is 1. The lowest BCUT2D eigenvalue weighted by atomic mass is 9.78. The summed E-state index contributed by atoms with van der Waals surface area (Å²) in [6.45, 7) is 2.44. The second kappa shape index (κ2) is 11.0. The minimum Gasteiger partial charge on any atom is -0.508 e. The highest BCUT2D eigenvalue weighted by Crippen LogP contribution is 2.39. The maximum Gasteiger partial charge on any atom is 0.314 e. The molecule has 0 amide bonds. The standard InChI is InChI=1S/C28H27F3O4/c1-2-34-16-20-9-12-22(15-25(20)29)35-28(33)19-5-3-17(4-6-19)23-13-14-24(27(31)26(23)30)18-7-10-21(32)11-8-18/h7-15,17,19,32H,2-6,16H2,1H3. The van der Waals surface area contributed by atoms with Crippen molar-refractivity contribution in [2.24, 2.45) is 5.92 Å². The van der Waals surface area contributed by atoms with Crippen LogP contribution in [0.25, 0.3) is 11.1 Å². The van der Waals surface area contributed by atoms with E-state index in [0.29, 0.717) is 49.0 Å². The lowest BCUT2D eigenvalue weighted by Gasteiger charge is -2.28. The summed E-state index contributed by atoms with van der Waals surface area (Å²) >= 11 is 0. The number of carbonyl (C=O) groups excluding carboxylic acids is 1. The molecule has 1 fully saturated rings. The maximum absolute atomic E-state index is 14.9. The Morgan fingerprint density at radius 1 is 0.943 bits per heavy atom. The van der Waals surface area contributed by atoms with Gasteiger partial charge in [0.05, 0.1) is 12.5 Å². The van der Waals surface area contributed by atoms with Crippen molar-refractivity contribution in [2.45, 2.75) is 45.1 Å². The number of esters is 1. The molecule has 0 spiro atoms. The van der Waals surface area contributed by atoms with Crippen LogP contribution in [-0.4, -0.2) is 17.7 Å². The van der Waals surface area contributed by atoms with Gasteiger partial charge in [0.1, 0.15) is 17.3 Å². The lowest BCUT2D eigenvalue weighted by Crippen LogP contribution is -2.25. The first kappa shape index (κ1) is 24.8. The Bertz CT molecular complexity index is 1190. The molecule has 3 aromatic rings. The molecule has 0 aromatic heterocycles. The zero-order chi connectivity index (χ0) is 24.9. The van der Waals surface area contributed by atoms with Gasteiger partial charge in [-0.2, -0.15) is 0 Å². The van der Waals surface area contributed by atoms with Gasteiger partial charge in [-0.25, -0.2) is 13.2 Å². The van der Waals surface area contributed by atoms with E-state index >= 15 is 0 Å². The molecule has 0 atom stereocenters. The van der Waals surface area contributed by atoms with Gasteiger partial charge in [-0.1, -0.05) is 30.3 Å². The Morgan fingerprint density at radius 3 is 2.31 bits per heavy atom. The van der Waals surface area contributed by atoms with Crippen molar-refractivity contribution in [1.29, 1.82) is 0 Å². The van der Waals surface area contributed by atoms with E-state index in [1.807, 2.05) is 6.92 Å². The summed E-state index contributed by atoms with van der Waals surface area (Å²) < 4.78 is 54.5. The van der Waals surface area contributed by atoms with Crippen molar-refractivity contribution >= 4 is 5.97 Å². The van der Waals surface area contributed by atoms with Crippen LogP contribution in [0.15, 0.2) is 54.6 Å². The SMILES string of the molecule is CCOCc1ccc(OC(=O)C2CCC(c3ccc(-c4ccc(O)cc4)c(F)c3F)CC2)cc1F. The quantitative estimate of drug-likeness (QED) is 0.293. The Morgan fingerprint density at radius 2 is 1.66 bits per heavy atom. The highest BCUT2D eigenvalue weighted by atomic mass is 19.2. The average molecular weight is 485 g/mol. The first-order chi connectivity index (χ1) is 16.9. The van der Waals surface area contributed by atoms with Gasteiger partial charge < -0.3 is 14.6 Å². The molecule has 0 bridgehead atoms. The number of phenols is 1. The van der Waals surface area contributed by atoms with Gasteiger partial charge in [0.25, 0.3) is 0 Å². The molecular weight excluding hydrogens is 457 g/mol. The summed E-state index contributed by atoms with van der Waals surface area (Å²) in [4.78, 5) is 12.6. The van der Waals surface area contributed by atoms with E-state index in [9.17, 15) is 23.1 Å². The summed E-state index contributed by atoms with van der Waals surface area (Å²) in [6, 6.07) is 13.3. The second-order valence-electron chi connectivity index (χ2n) is 8.74. The summed E-state index contributed by atoms with van der Waals surface area (Å²) in [5.74, 6) is -3.18. The van der Waals surface area contributed by atoms with Crippen molar-refractivity contribution in [3.05, 3.63) is 83.2 Å². The van der Waals surface area contributed by atoms with Gasteiger partial charge in [0, 0.05) is 23.8 Å². The molecular formula is C28H27F3O4. The van der Waals surface area contributed by atoms with E-state index in [1.54, 1.807) is 12.1 Å². The molecule has 0 heterocycles. The molecule has 0 unspecified atom stereocenters. The Hall–Kier alpha value is -3.32. The fraction of sp³-hybridized carbons (Fsp3) is 0.321. The molecule has 184 valence electrons. The maximum atomic E-state index is 14.9. The minimum absolute atomic E-state index is 0.0465. The van der Waals surface area contributed by atoms with Gasteiger partial charge in [0.2, 0.25) is 0 Å². The van der Waals surface area contributed by atoms with E-state index in [2.05, 4.69) is 0 Å². The normalized spacial score (nSPS) is 17.8. The van der Waals surface area contributed by atoms with E-state index in [4.69, 9.17) is 9.47 Å². The third-order valence-electron chi connectivity index (χ3n) is 6.50. The van der Waals surface area contributed by atoms with Crippen LogP contribution in [0.4, 0.5) is 13.2 Å². The molecule has 35 heavy (non-hydrogen) atoms. The molecule has 1 saturated carbocycles. The lowest BCUT2D eigenvalue weighted by molar-refractivity contribution is -0.140. The zero-order valence-corrected chi connectivity index (χ0v) is 19.4. The van der Waals surface area contributed by atoms with Crippen LogP contribution in [0.1, 0.15) is 49.7 Å². The first-order valence-electron chi connectivity index (χ1n) is 11.7. The number of rotatable bonds is 7. The predicted molar refractivity (Wildman–Crippen MR) is 126 cm³/mol. The van der Waals surface area contributed by atoms with Crippen LogP contribution >= 0.6 is 0 Å². The second-order valence-corrected chi connectivity index (χ2v) is 8.74. The first-order valence-corrected chi connectivity index (χ1v) is 11.7. The van der Waals surface area contributed by atoms with Gasteiger partial charge in [-0.3, -0.25) is 4.79 Å². The number of halogens is 3. The van der Waals surface area contributed by atoms with E-state index in [-0.39, 0.29) is 35.5 Å². The molecule has 0 radical (unpaired) electrons. The Labute approximate surface area is 202 Å². The smallest absolute Gasteiger partial charge is 0.314 e. The fourth-order valence-corrected chi connectivity index (χ4v) is 4.50. The minimum atomic E-state index is -0.926. The molecule has 1 aliphatic carbocycles. The molecule has 4 rings (SSSR count). The fourth-order valence-electron chi connectivity index (χ4n) is 4.50. The van der Waals surface area contributed by atoms with Gasteiger partial charge in [-0.15, -0.1) is 0 Å². The highest BCUT2D eigenvalue weighted by Gasteiger charge is 2.31. The monoisotopic (exact) mass is 484 g/mol. The van der Waals surface area contributed by atoms with Crippen LogP contribution in [0.5, 0.6) is 11.5 Å². The summed E-state index contributed by atoms with van der Waals surface area (Å²) in [7, 11) is 0. The number of benzene rings is 3. The molecule has 1 aliphatic rings. The number of hydrogen-bond donors (Lipinski definition) is 1. The molecule has 4 nitrogen and oxygen atoms in total. The summed E-state index contributed by atoms with van der Waals surface area (Å²) in [5.41, 5.74) is 1.28. The molecule has 0 saturated heterocycles. The highest BCUT2D eigenvalue weighted by molar-refractivity contribution is 5.75. The van der Waals surface area contributed by atoms with Crippen LogP contribution in [0, 0.1) is 23.4 Å². The summed E-state index contributed by atoms with van der Waals surface area (Å²) in [5, 5.41) is 9.41. The molecule has 1 N–H and O–H groups in total. The predicted octanol–water partition coefficient (Wildman–Crippen LogP) is 6.89. The topological polar surface area (TPSA) is 55.8 Å². The zero-order valence-electron chi connectivity index (χ0n) is 19.4.